The molecule has 0 radical (unpaired) electrons. The van der Waals surface area contributed by atoms with E-state index in [1.54, 1.807) is 12.1 Å². The fraction of sp³-hybridized carbons (Fsp3) is 0.278. The summed E-state index contributed by atoms with van der Waals surface area (Å²) in [6.45, 7) is 0.500. The number of benzene rings is 2. The van der Waals surface area contributed by atoms with E-state index in [0.717, 1.165) is 11.3 Å². The fourth-order valence-electron chi connectivity index (χ4n) is 2.31. The highest BCUT2D eigenvalue weighted by atomic mass is 16.5. The maximum atomic E-state index is 12.4. The lowest BCUT2D eigenvalue weighted by Gasteiger charge is -2.14. The van der Waals surface area contributed by atoms with Crippen LogP contribution >= 0.6 is 0 Å². The number of nitrogens with one attached hydrogen (secondary N) is 1. The number of ether oxygens (including phenoxy) is 3. The number of nitrogen functional groups attached to an aromatic ring is 1. The highest BCUT2D eigenvalue weighted by molar-refractivity contribution is 5.97. The second-order valence-corrected chi connectivity index (χ2v) is 5.15. The van der Waals surface area contributed by atoms with Gasteiger partial charge in [-0.25, -0.2) is 0 Å². The van der Waals surface area contributed by atoms with E-state index in [1.165, 1.54) is 21.3 Å². The molecule has 1 amide bonds. The molecule has 6 nitrogen and oxygen atoms in total. The maximum Gasteiger partial charge on any atom is 0.255 e. The molecule has 24 heavy (non-hydrogen) atoms. The van der Waals surface area contributed by atoms with Crippen LogP contribution in [0.5, 0.6) is 17.2 Å². The van der Waals surface area contributed by atoms with Gasteiger partial charge in [-0.15, -0.1) is 0 Å². The summed E-state index contributed by atoms with van der Waals surface area (Å²) in [5.74, 6) is 1.18. The SMILES string of the molecule is COc1cc(OC)c(C(=O)NCCc2ccc(N)cc2)cc1OC. The lowest BCUT2D eigenvalue weighted by atomic mass is 10.1. The predicted molar refractivity (Wildman–Crippen MR) is 93.0 cm³/mol. The lowest BCUT2D eigenvalue weighted by molar-refractivity contribution is 0.0950. The van der Waals surface area contributed by atoms with Crippen molar-refractivity contribution in [1.82, 2.24) is 5.32 Å². The lowest BCUT2D eigenvalue weighted by Crippen LogP contribution is -2.26. The van der Waals surface area contributed by atoms with Crippen LogP contribution in [0.2, 0.25) is 0 Å². The van der Waals surface area contributed by atoms with Gasteiger partial charge in [-0.2, -0.15) is 0 Å². The highest BCUT2D eigenvalue weighted by Crippen LogP contribution is 2.34. The van der Waals surface area contributed by atoms with Crippen molar-refractivity contribution in [3.63, 3.8) is 0 Å². The second-order valence-electron chi connectivity index (χ2n) is 5.15. The van der Waals surface area contributed by atoms with Gasteiger partial charge >= 0.3 is 0 Å². The molecule has 2 rings (SSSR count). The summed E-state index contributed by atoms with van der Waals surface area (Å²) in [6.07, 6.45) is 0.710. The monoisotopic (exact) mass is 330 g/mol. The summed E-state index contributed by atoms with van der Waals surface area (Å²) in [7, 11) is 4.56. The zero-order valence-electron chi connectivity index (χ0n) is 14.1. The van der Waals surface area contributed by atoms with Crippen molar-refractivity contribution in [2.24, 2.45) is 0 Å². The van der Waals surface area contributed by atoms with Crippen LogP contribution in [0.3, 0.4) is 0 Å². The van der Waals surface area contributed by atoms with Gasteiger partial charge in [-0.3, -0.25) is 4.79 Å². The standard InChI is InChI=1S/C18H22N2O4/c1-22-15-11-17(24-3)16(23-2)10-14(15)18(21)20-9-8-12-4-6-13(19)7-5-12/h4-7,10-11H,8-9,19H2,1-3H3,(H,20,21). The molecule has 0 aliphatic heterocycles. The number of nitrogens with two attached hydrogens (primary N) is 1. The zero-order chi connectivity index (χ0) is 17.5. The van der Waals surface area contributed by atoms with Crippen LogP contribution < -0.4 is 25.3 Å². The third-order valence-electron chi connectivity index (χ3n) is 3.63. The fourth-order valence-corrected chi connectivity index (χ4v) is 2.31. The Kier molecular flexibility index (Phi) is 5.89. The average molecular weight is 330 g/mol. The average Bonchev–Trinajstić information content (AvgIpc) is 2.61. The summed E-state index contributed by atoms with van der Waals surface area (Å²) in [6, 6.07) is 10.8. The van der Waals surface area contributed by atoms with E-state index in [0.29, 0.717) is 35.8 Å². The molecule has 0 bridgehead atoms. The molecular weight excluding hydrogens is 308 g/mol. The predicted octanol–water partition coefficient (Wildman–Crippen LogP) is 2.27. The minimum absolute atomic E-state index is 0.233. The van der Waals surface area contributed by atoms with Gasteiger partial charge in [0, 0.05) is 24.4 Å². The minimum atomic E-state index is -0.233. The first-order valence-electron chi connectivity index (χ1n) is 7.51. The second kappa shape index (κ2) is 8.10. The molecule has 0 saturated heterocycles. The first-order valence-corrected chi connectivity index (χ1v) is 7.51. The molecule has 0 unspecified atom stereocenters. The molecule has 0 aliphatic rings. The number of hydrogen-bond acceptors (Lipinski definition) is 5. The van der Waals surface area contributed by atoms with Gasteiger partial charge < -0.3 is 25.3 Å². The van der Waals surface area contributed by atoms with Gasteiger partial charge in [0.1, 0.15) is 5.75 Å². The Bertz CT molecular complexity index is 699. The maximum absolute atomic E-state index is 12.4. The Morgan fingerprint density at radius 3 is 2.12 bits per heavy atom. The van der Waals surface area contributed by atoms with Gasteiger partial charge in [0.2, 0.25) is 0 Å². The molecule has 3 N–H and O–H groups in total. The molecule has 2 aromatic rings. The number of rotatable bonds is 7. The quantitative estimate of drug-likeness (QED) is 0.761. The van der Waals surface area contributed by atoms with E-state index >= 15 is 0 Å². The van der Waals surface area contributed by atoms with Crippen molar-refractivity contribution >= 4 is 11.6 Å². The minimum Gasteiger partial charge on any atom is -0.496 e. The number of amides is 1. The Morgan fingerprint density at radius 1 is 0.958 bits per heavy atom. The number of methoxy groups -OCH3 is 3. The van der Waals surface area contributed by atoms with Crippen molar-refractivity contribution < 1.29 is 19.0 Å². The van der Waals surface area contributed by atoms with Crippen molar-refractivity contribution in [3.8, 4) is 17.2 Å². The Balaban J connectivity index is 2.07. The van der Waals surface area contributed by atoms with Crippen molar-refractivity contribution in [2.45, 2.75) is 6.42 Å². The molecule has 0 atom stereocenters. The third-order valence-corrected chi connectivity index (χ3v) is 3.63. The molecule has 2 aromatic carbocycles. The first kappa shape index (κ1) is 17.5. The summed E-state index contributed by atoms with van der Waals surface area (Å²) < 4.78 is 15.7. The molecule has 0 heterocycles. The topological polar surface area (TPSA) is 82.8 Å². The third kappa shape index (κ3) is 4.10. The largest absolute Gasteiger partial charge is 0.496 e. The van der Waals surface area contributed by atoms with E-state index < -0.39 is 0 Å². The highest BCUT2D eigenvalue weighted by Gasteiger charge is 2.17. The van der Waals surface area contributed by atoms with Crippen LogP contribution in [0.25, 0.3) is 0 Å². The molecule has 0 aromatic heterocycles. The smallest absolute Gasteiger partial charge is 0.255 e. The molecular formula is C18H22N2O4. The van der Waals surface area contributed by atoms with E-state index in [2.05, 4.69) is 5.32 Å². The molecule has 0 saturated carbocycles. The number of anilines is 1. The first-order chi connectivity index (χ1) is 11.6. The number of carbonyl (C=O) groups excluding carboxylic acids is 1. The number of carbonyl (C=O) groups is 1. The van der Waals surface area contributed by atoms with Gasteiger partial charge in [0.25, 0.3) is 5.91 Å². The van der Waals surface area contributed by atoms with Gasteiger partial charge in [0.05, 0.1) is 26.9 Å². The molecule has 6 heteroatoms. The van der Waals surface area contributed by atoms with Crippen LogP contribution in [0.15, 0.2) is 36.4 Å². The normalized spacial score (nSPS) is 10.1. The molecule has 0 fully saturated rings. The Labute approximate surface area is 141 Å². The Hall–Kier alpha value is -2.89. The summed E-state index contributed by atoms with van der Waals surface area (Å²) in [5.41, 5.74) is 7.87. The van der Waals surface area contributed by atoms with Gasteiger partial charge in [-0.05, 0) is 24.1 Å². The van der Waals surface area contributed by atoms with Crippen LogP contribution in [0, 0.1) is 0 Å². The molecule has 0 aliphatic carbocycles. The molecule has 0 spiro atoms. The van der Waals surface area contributed by atoms with Crippen molar-refractivity contribution in [1.29, 1.82) is 0 Å². The van der Waals surface area contributed by atoms with Crippen LogP contribution in [0.4, 0.5) is 5.69 Å². The summed E-state index contributed by atoms with van der Waals surface area (Å²) >= 11 is 0. The van der Waals surface area contributed by atoms with E-state index in [-0.39, 0.29) is 5.91 Å². The van der Waals surface area contributed by atoms with Crippen molar-refractivity contribution in [3.05, 3.63) is 47.5 Å². The van der Waals surface area contributed by atoms with Crippen LogP contribution in [-0.4, -0.2) is 33.8 Å². The van der Waals surface area contributed by atoms with Crippen molar-refractivity contribution in [2.75, 3.05) is 33.6 Å². The van der Waals surface area contributed by atoms with Gasteiger partial charge in [0.15, 0.2) is 11.5 Å². The zero-order valence-corrected chi connectivity index (χ0v) is 14.1. The van der Waals surface area contributed by atoms with Crippen LogP contribution in [-0.2, 0) is 6.42 Å². The summed E-state index contributed by atoms with van der Waals surface area (Å²) in [4.78, 5) is 12.4. The van der Waals surface area contributed by atoms with Gasteiger partial charge in [-0.1, -0.05) is 12.1 Å². The van der Waals surface area contributed by atoms with E-state index in [1.807, 2.05) is 24.3 Å². The Morgan fingerprint density at radius 2 is 1.54 bits per heavy atom. The van der Waals surface area contributed by atoms with E-state index in [9.17, 15) is 4.79 Å². The summed E-state index contributed by atoms with van der Waals surface area (Å²) in [5, 5.41) is 2.88. The van der Waals surface area contributed by atoms with E-state index in [4.69, 9.17) is 19.9 Å². The molecule has 128 valence electrons. The number of hydrogen-bond donors (Lipinski definition) is 2. The van der Waals surface area contributed by atoms with Crippen LogP contribution in [0.1, 0.15) is 15.9 Å².